The number of aliphatic hydroxyl groups excluding tert-OH is 1. The summed E-state index contributed by atoms with van der Waals surface area (Å²) in [5.41, 5.74) is 0.990. The molecule has 4 nitrogen and oxygen atoms in total. The number of nitrogens with one attached hydrogen (secondary N) is 1. The second kappa shape index (κ2) is 8.44. The molecular weight excluding hydrogens is 271 g/mol. The highest BCUT2D eigenvalue weighted by atomic mass is 19.1. The molecule has 0 spiro atoms. The van der Waals surface area contributed by atoms with Gasteiger partial charge in [0.1, 0.15) is 5.82 Å². The van der Waals surface area contributed by atoms with Crippen molar-refractivity contribution in [3.63, 3.8) is 0 Å². The summed E-state index contributed by atoms with van der Waals surface area (Å²) in [6.45, 7) is 6.20. The highest BCUT2D eigenvalue weighted by molar-refractivity contribution is 5.20. The smallest absolute Gasteiger partial charge is 0.123 e. The fourth-order valence-electron chi connectivity index (χ4n) is 2.76. The SMILES string of the molecule is CCNC(CCN1CCOC(CO)C1)c1cccc(F)c1. The second-order valence-electron chi connectivity index (χ2n) is 5.43. The van der Waals surface area contributed by atoms with Crippen molar-refractivity contribution in [3.05, 3.63) is 35.6 Å². The molecule has 1 heterocycles. The van der Waals surface area contributed by atoms with Crippen LogP contribution >= 0.6 is 0 Å². The van der Waals surface area contributed by atoms with E-state index < -0.39 is 0 Å². The van der Waals surface area contributed by atoms with Crippen molar-refractivity contribution in [3.8, 4) is 0 Å². The summed E-state index contributed by atoms with van der Waals surface area (Å²) in [6.07, 6.45) is 0.834. The van der Waals surface area contributed by atoms with Crippen molar-refractivity contribution in [1.29, 1.82) is 0 Å². The summed E-state index contributed by atoms with van der Waals surface area (Å²) in [5.74, 6) is -0.192. The number of nitrogens with zero attached hydrogens (tertiary/aromatic N) is 1. The standard InChI is InChI=1S/C16H25FN2O2/c1-2-18-16(13-4-3-5-14(17)10-13)6-7-19-8-9-21-15(11-19)12-20/h3-5,10,15-16,18,20H,2,6-9,11-12H2,1H3. The van der Waals surface area contributed by atoms with Crippen LogP contribution in [0.25, 0.3) is 0 Å². The van der Waals surface area contributed by atoms with Crippen LogP contribution < -0.4 is 5.32 Å². The average molecular weight is 296 g/mol. The molecule has 0 amide bonds. The molecule has 0 bridgehead atoms. The van der Waals surface area contributed by atoms with Gasteiger partial charge in [0.2, 0.25) is 0 Å². The molecule has 21 heavy (non-hydrogen) atoms. The first-order valence-electron chi connectivity index (χ1n) is 7.66. The third-order valence-corrected chi connectivity index (χ3v) is 3.86. The van der Waals surface area contributed by atoms with E-state index in [-0.39, 0.29) is 24.6 Å². The Labute approximate surface area is 125 Å². The molecule has 118 valence electrons. The molecule has 2 unspecified atom stereocenters. The van der Waals surface area contributed by atoms with Gasteiger partial charge < -0.3 is 15.2 Å². The second-order valence-corrected chi connectivity index (χ2v) is 5.43. The van der Waals surface area contributed by atoms with Gasteiger partial charge in [-0.1, -0.05) is 19.1 Å². The van der Waals surface area contributed by atoms with Gasteiger partial charge in [-0.3, -0.25) is 4.90 Å². The van der Waals surface area contributed by atoms with E-state index in [2.05, 4.69) is 17.1 Å². The maximum atomic E-state index is 13.4. The number of ether oxygens (including phenoxy) is 1. The van der Waals surface area contributed by atoms with Crippen LogP contribution in [0.15, 0.2) is 24.3 Å². The normalized spacial score (nSPS) is 21.4. The molecule has 1 aromatic rings. The maximum absolute atomic E-state index is 13.4. The van der Waals surface area contributed by atoms with Gasteiger partial charge in [0, 0.05) is 25.7 Å². The van der Waals surface area contributed by atoms with Crippen LogP contribution in [-0.4, -0.2) is 55.5 Å². The number of aliphatic hydroxyl groups is 1. The maximum Gasteiger partial charge on any atom is 0.123 e. The highest BCUT2D eigenvalue weighted by Gasteiger charge is 2.20. The number of halogens is 1. The Kier molecular flexibility index (Phi) is 6.57. The fraction of sp³-hybridized carbons (Fsp3) is 0.625. The molecule has 5 heteroatoms. The van der Waals surface area contributed by atoms with E-state index in [0.717, 1.165) is 38.2 Å². The minimum atomic E-state index is -0.192. The molecule has 0 saturated carbocycles. The van der Waals surface area contributed by atoms with Crippen LogP contribution in [0.3, 0.4) is 0 Å². The van der Waals surface area contributed by atoms with Gasteiger partial charge in [-0.25, -0.2) is 4.39 Å². The number of morpholine rings is 1. The minimum Gasteiger partial charge on any atom is -0.394 e. The molecule has 0 aromatic heterocycles. The first-order chi connectivity index (χ1) is 10.2. The highest BCUT2D eigenvalue weighted by Crippen LogP contribution is 2.19. The zero-order valence-electron chi connectivity index (χ0n) is 12.6. The van der Waals surface area contributed by atoms with Crippen molar-refractivity contribution in [2.24, 2.45) is 0 Å². The fourth-order valence-corrected chi connectivity index (χ4v) is 2.76. The van der Waals surface area contributed by atoms with Gasteiger partial charge in [-0.15, -0.1) is 0 Å². The monoisotopic (exact) mass is 296 g/mol. The van der Waals surface area contributed by atoms with Crippen molar-refractivity contribution in [2.45, 2.75) is 25.5 Å². The number of hydrogen-bond acceptors (Lipinski definition) is 4. The van der Waals surface area contributed by atoms with Crippen molar-refractivity contribution in [1.82, 2.24) is 10.2 Å². The van der Waals surface area contributed by atoms with Crippen LogP contribution in [0.2, 0.25) is 0 Å². The van der Waals surface area contributed by atoms with E-state index in [0.29, 0.717) is 6.61 Å². The summed E-state index contributed by atoms with van der Waals surface area (Å²) in [6, 6.07) is 6.95. The van der Waals surface area contributed by atoms with E-state index in [1.807, 2.05) is 6.07 Å². The molecule has 1 saturated heterocycles. The van der Waals surface area contributed by atoms with Crippen molar-refractivity contribution < 1.29 is 14.2 Å². The van der Waals surface area contributed by atoms with E-state index >= 15 is 0 Å². The number of benzene rings is 1. The lowest BCUT2D eigenvalue weighted by atomic mass is 10.0. The zero-order chi connectivity index (χ0) is 15.1. The molecule has 0 aliphatic carbocycles. The molecule has 0 radical (unpaired) electrons. The van der Waals surface area contributed by atoms with Crippen LogP contribution in [0.1, 0.15) is 24.9 Å². The Balaban J connectivity index is 1.91. The number of rotatable bonds is 7. The zero-order valence-corrected chi connectivity index (χ0v) is 12.6. The van der Waals surface area contributed by atoms with E-state index in [1.54, 1.807) is 12.1 Å². The van der Waals surface area contributed by atoms with Gasteiger partial charge >= 0.3 is 0 Å². The third kappa shape index (κ3) is 5.04. The van der Waals surface area contributed by atoms with Gasteiger partial charge in [0.05, 0.1) is 19.3 Å². The van der Waals surface area contributed by atoms with Crippen LogP contribution in [0.4, 0.5) is 4.39 Å². The first-order valence-corrected chi connectivity index (χ1v) is 7.66. The quantitative estimate of drug-likeness (QED) is 0.801. The first kappa shape index (κ1) is 16.4. The Morgan fingerprint density at radius 1 is 1.52 bits per heavy atom. The predicted octanol–water partition coefficient (Wildman–Crippen LogP) is 1.56. The summed E-state index contributed by atoms with van der Waals surface area (Å²) in [5, 5.41) is 12.6. The molecular formula is C16H25FN2O2. The molecule has 2 N–H and O–H groups in total. The van der Waals surface area contributed by atoms with Crippen LogP contribution in [0, 0.1) is 5.82 Å². The van der Waals surface area contributed by atoms with E-state index in [4.69, 9.17) is 4.74 Å². The summed E-state index contributed by atoms with van der Waals surface area (Å²) in [4.78, 5) is 2.30. The van der Waals surface area contributed by atoms with Gasteiger partial charge in [0.15, 0.2) is 0 Å². The Bertz CT molecular complexity index is 430. The average Bonchev–Trinajstić information content (AvgIpc) is 2.51. The van der Waals surface area contributed by atoms with E-state index in [1.165, 1.54) is 6.07 Å². The Morgan fingerprint density at radius 3 is 3.10 bits per heavy atom. The van der Waals surface area contributed by atoms with Gasteiger partial charge in [-0.2, -0.15) is 0 Å². The van der Waals surface area contributed by atoms with Gasteiger partial charge in [0.25, 0.3) is 0 Å². The lowest BCUT2D eigenvalue weighted by Gasteiger charge is -2.33. The van der Waals surface area contributed by atoms with Crippen molar-refractivity contribution in [2.75, 3.05) is 39.4 Å². The summed E-state index contributed by atoms with van der Waals surface area (Å²) < 4.78 is 18.8. The molecule has 2 atom stereocenters. The summed E-state index contributed by atoms with van der Waals surface area (Å²) in [7, 11) is 0. The van der Waals surface area contributed by atoms with Crippen molar-refractivity contribution >= 4 is 0 Å². The predicted molar refractivity (Wildman–Crippen MR) is 80.7 cm³/mol. The van der Waals surface area contributed by atoms with Gasteiger partial charge in [-0.05, 0) is 30.7 Å². The largest absolute Gasteiger partial charge is 0.394 e. The minimum absolute atomic E-state index is 0.0665. The third-order valence-electron chi connectivity index (χ3n) is 3.86. The topological polar surface area (TPSA) is 44.7 Å². The number of hydrogen-bond donors (Lipinski definition) is 2. The Hall–Kier alpha value is -1.01. The lowest BCUT2D eigenvalue weighted by molar-refractivity contribution is -0.0533. The Morgan fingerprint density at radius 2 is 2.38 bits per heavy atom. The molecule has 1 aromatic carbocycles. The molecule has 1 aliphatic heterocycles. The molecule has 1 aliphatic rings. The molecule has 1 fully saturated rings. The lowest BCUT2D eigenvalue weighted by Crippen LogP contribution is -2.44. The van der Waals surface area contributed by atoms with Crippen LogP contribution in [-0.2, 0) is 4.74 Å². The van der Waals surface area contributed by atoms with Crippen LogP contribution in [0.5, 0.6) is 0 Å². The van der Waals surface area contributed by atoms with E-state index in [9.17, 15) is 9.50 Å². The summed E-state index contributed by atoms with van der Waals surface area (Å²) >= 11 is 0. The molecule has 2 rings (SSSR count).